The van der Waals surface area contributed by atoms with E-state index < -0.39 is 0 Å². The summed E-state index contributed by atoms with van der Waals surface area (Å²) in [4.78, 5) is 3.84. The minimum Gasteiger partial charge on any atom is -0.350 e. The monoisotopic (exact) mass is 180 g/mol. The van der Waals surface area contributed by atoms with Crippen LogP contribution < -0.4 is 16.6 Å². The third-order valence-electron chi connectivity index (χ3n) is 1.42. The van der Waals surface area contributed by atoms with Gasteiger partial charge in [0.25, 0.3) is 0 Å². The molecule has 0 amide bonds. The fourth-order valence-electron chi connectivity index (χ4n) is 0.797. The predicted molar refractivity (Wildman–Crippen MR) is 49.6 cm³/mol. The lowest BCUT2D eigenvalue weighted by Crippen LogP contribution is -2.41. The molecule has 0 saturated carbocycles. The molecule has 0 aliphatic carbocycles. The largest absolute Gasteiger partial charge is 0.350 e. The molecule has 1 rings (SSSR count). The van der Waals surface area contributed by atoms with Crippen LogP contribution in [-0.2, 0) is 6.54 Å². The van der Waals surface area contributed by atoms with Gasteiger partial charge >= 0.3 is 0 Å². The van der Waals surface area contributed by atoms with Gasteiger partial charge in [0.15, 0.2) is 0 Å². The quantitative estimate of drug-likeness (QED) is 0.235. The summed E-state index contributed by atoms with van der Waals surface area (Å²) in [6.07, 6.45) is 1.62. The molecule has 6 nitrogen and oxygen atoms in total. The second-order valence-electron chi connectivity index (χ2n) is 2.29. The summed E-state index contributed by atoms with van der Waals surface area (Å²) in [7, 11) is 1.64. The van der Waals surface area contributed by atoms with Crippen molar-refractivity contribution >= 4 is 5.96 Å². The van der Waals surface area contributed by atoms with Crippen LogP contribution in [0.3, 0.4) is 0 Å². The molecule has 0 aromatic carbocycles. The zero-order valence-corrected chi connectivity index (χ0v) is 7.36. The van der Waals surface area contributed by atoms with E-state index in [1.165, 1.54) is 0 Å². The lowest BCUT2D eigenvalue weighted by atomic mass is 10.4. The van der Waals surface area contributed by atoms with Crippen LogP contribution in [0.5, 0.6) is 0 Å². The third kappa shape index (κ3) is 3.04. The lowest BCUT2D eigenvalue weighted by Gasteiger charge is -2.06. The van der Waals surface area contributed by atoms with Crippen molar-refractivity contribution in [3.63, 3.8) is 0 Å². The van der Waals surface area contributed by atoms with Crippen LogP contribution in [-0.4, -0.2) is 23.2 Å². The maximum absolute atomic E-state index is 5.17. The van der Waals surface area contributed by atoms with Crippen molar-refractivity contribution in [3.8, 4) is 0 Å². The first kappa shape index (κ1) is 9.40. The number of nitrogens with one attached hydrogen (secondary N) is 2. The molecule has 0 fully saturated rings. The number of nitrogens with two attached hydrogens (primary N) is 1. The lowest BCUT2D eigenvalue weighted by molar-refractivity contribution is 0.794. The Labute approximate surface area is 76.2 Å². The van der Waals surface area contributed by atoms with Gasteiger partial charge in [0.1, 0.15) is 0 Å². The molecule has 0 aliphatic heterocycles. The fourth-order valence-corrected chi connectivity index (χ4v) is 0.797. The minimum atomic E-state index is 0.519. The molecule has 70 valence electrons. The molecular weight excluding hydrogens is 168 g/mol. The Balaban J connectivity index is 2.43. The van der Waals surface area contributed by atoms with Crippen LogP contribution in [0.1, 0.15) is 5.69 Å². The highest BCUT2D eigenvalue weighted by Gasteiger charge is 1.95. The van der Waals surface area contributed by atoms with Gasteiger partial charge in [-0.25, -0.2) is 5.84 Å². The summed E-state index contributed by atoms with van der Waals surface area (Å²) in [6, 6.07) is 3.69. The van der Waals surface area contributed by atoms with Gasteiger partial charge in [-0.15, -0.1) is 0 Å². The summed E-state index contributed by atoms with van der Waals surface area (Å²) in [5.74, 6) is 5.69. The number of hydrogen-bond donors (Lipinski definition) is 3. The van der Waals surface area contributed by atoms with Crippen LogP contribution in [0, 0.1) is 0 Å². The second kappa shape index (κ2) is 5.04. The summed E-state index contributed by atoms with van der Waals surface area (Å²) in [5.41, 5.74) is 3.24. The van der Waals surface area contributed by atoms with Gasteiger partial charge < -0.3 is 5.32 Å². The molecule has 0 unspecified atom stereocenters. The molecule has 4 N–H and O–H groups in total. The van der Waals surface area contributed by atoms with E-state index in [0.717, 1.165) is 5.69 Å². The number of hydrogen-bond acceptors (Lipinski definition) is 4. The number of aliphatic imine (C=N–C) groups is 1. The van der Waals surface area contributed by atoms with E-state index in [-0.39, 0.29) is 0 Å². The Hall–Kier alpha value is -1.69. The van der Waals surface area contributed by atoms with Crippen LogP contribution >= 0.6 is 0 Å². The van der Waals surface area contributed by atoms with Gasteiger partial charge in [0.05, 0.1) is 12.2 Å². The van der Waals surface area contributed by atoms with Gasteiger partial charge in [0.2, 0.25) is 5.96 Å². The Morgan fingerprint density at radius 1 is 1.69 bits per heavy atom. The fraction of sp³-hybridized carbons (Fsp3) is 0.286. The molecule has 0 saturated heterocycles. The van der Waals surface area contributed by atoms with Crippen molar-refractivity contribution in [1.82, 2.24) is 20.9 Å². The van der Waals surface area contributed by atoms with Crippen LogP contribution in [0.2, 0.25) is 0 Å². The van der Waals surface area contributed by atoms with Crippen molar-refractivity contribution < 1.29 is 0 Å². The molecule has 13 heavy (non-hydrogen) atoms. The maximum atomic E-state index is 5.17. The zero-order chi connectivity index (χ0) is 9.52. The highest BCUT2D eigenvalue weighted by molar-refractivity contribution is 5.78. The summed E-state index contributed by atoms with van der Waals surface area (Å²) >= 11 is 0. The maximum Gasteiger partial charge on any atom is 0.205 e. The van der Waals surface area contributed by atoms with E-state index in [4.69, 9.17) is 5.84 Å². The average Bonchev–Trinajstić information content (AvgIpc) is 2.21. The first-order valence-corrected chi connectivity index (χ1v) is 3.80. The second-order valence-corrected chi connectivity index (χ2v) is 2.29. The van der Waals surface area contributed by atoms with Gasteiger partial charge in [-0.05, 0) is 12.1 Å². The summed E-state index contributed by atoms with van der Waals surface area (Å²) in [5, 5.41) is 10.6. The normalized spacial score (nSPS) is 11.1. The number of aromatic nitrogens is 2. The molecule has 0 bridgehead atoms. The third-order valence-corrected chi connectivity index (χ3v) is 1.42. The van der Waals surface area contributed by atoms with Crippen LogP contribution in [0.25, 0.3) is 0 Å². The Kier molecular flexibility index (Phi) is 3.65. The zero-order valence-electron chi connectivity index (χ0n) is 7.36. The van der Waals surface area contributed by atoms with E-state index in [1.807, 2.05) is 12.1 Å². The highest BCUT2D eigenvalue weighted by atomic mass is 15.3. The first-order chi connectivity index (χ1) is 6.36. The van der Waals surface area contributed by atoms with Gasteiger partial charge in [-0.1, -0.05) is 0 Å². The van der Waals surface area contributed by atoms with Crippen molar-refractivity contribution in [1.29, 1.82) is 0 Å². The molecular formula is C7H12N6. The Morgan fingerprint density at radius 3 is 3.08 bits per heavy atom. The predicted octanol–water partition coefficient (Wildman–Crippen LogP) is -0.985. The highest BCUT2D eigenvalue weighted by Crippen LogP contribution is 1.88. The van der Waals surface area contributed by atoms with Crippen molar-refractivity contribution in [2.75, 3.05) is 7.05 Å². The topological polar surface area (TPSA) is 88.2 Å². The molecule has 6 heteroatoms. The summed E-state index contributed by atoms with van der Waals surface area (Å²) < 4.78 is 0. The standard InChI is InChI=1S/C7H12N6/c1-9-7(12-8)10-5-6-3-2-4-11-13-6/h2-4H,5,8H2,1H3,(H2,9,10,12). The number of hydrazine groups is 1. The minimum absolute atomic E-state index is 0.519. The Bertz CT molecular complexity index is 270. The SMILES string of the molecule is CN=C(NN)NCc1cccnn1. The average molecular weight is 180 g/mol. The smallest absolute Gasteiger partial charge is 0.205 e. The van der Waals surface area contributed by atoms with E-state index in [0.29, 0.717) is 12.5 Å². The molecule has 1 aromatic rings. The summed E-state index contributed by atoms with van der Waals surface area (Å²) in [6.45, 7) is 0.546. The number of guanidine groups is 1. The van der Waals surface area contributed by atoms with Gasteiger partial charge in [-0.2, -0.15) is 10.2 Å². The van der Waals surface area contributed by atoms with E-state index in [2.05, 4.69) is 25.9 Å². The molecule has 0 atom stereocenters. The van der Waals surface area contributed by atoms with Gasteiger partial charge in [0, 0.05) is 13.2 Å². The molecule has 0 spiro atoms. The number of rotatable bonds is 2. The molecule has 0 radical (unpaired) electrons. The molecule has 1 heterocycles. The molecule has 1 aromatic heterocycles. The van der Waals surface area contributed by atoms with Crippen LogP contribution in [0.4, 0.5) is 0 Å². The van der Waals surface area contributed by atoms with Crippen molar-refractivity contribution in [2.45, 2.75) is 6.54 Å². The van der Waals surface area contributed by atoms with E-state index in [1.54, 1.807) is 13.2 Å². The van der Waals surface area contributed by atoms with Gasteiger partial charge in [-0.3, -0.25) is 10.4 Å². The van der Waals surface area contributed by atoms with E-state index in [9.17, 15) is 0 Å². The Morgan fingerprint density at radius 2 is 2.54 bits per heavy atom. The van der Waals surface area contributed by atoms with Crippen molar-refractivity contribution in [2.24, 2.45) is 10.8 Å². The van der Waals surface area contributed by atoms with E-state index >= 15 is 0 Å². The van der Waals surface area contributed by atoms with Crippen LogP contribution in [0.15, 0.2) is 23.3 Å². The first-order valence-electron chi connectivity index (χ1n) is 3.80. The van der Waals surface area contributed by atoms with Crippen molar-refractivity contribution in [3.05, 3.63) is 24.0 Å². The molecule has 0 aliphatic rings. The number of nitrogens with zero attached hydrogens (tertiary/aromatic N) is 3.